The van der Waals surface area contributed by atoms with Gasteiger partial charge < -0.3 is 9.52 Å². The molecule has 0 bridgehead atoms. The number of para-hydroxylation sites is 1. The zero-order valence-corrected chi connectivity index (χ0v) is 11.9. The maximum atomic E-state index is 10.3. The van der Waals surface area contributed by atoms with Crippen molar-refractivity contribution in [3.8, 4) is 0 Å². The maximum Gasteiger partial charge on any atom is 0.134 e. The van der Waals surface area contributed by atoms with Crippen LogP contribution >= 0.6 is 27.3 Å². The highest BCUT2D eigenvalue weighted by atomic mass is 79.9. The van der Waals surface area contributed by atoms with Gasteiger partial charge in [-0.1, -0.05) is 18.2 Å². The van der Waals surface area contributed by atoms with E-state index in [1.165, 1.54) is 0 Å². The van der Waals surface area contributed by atoms with Gasteiger partial charge in [0.25, 0.3) is 0 Å². The van der Waals surface area contributed by atoms with Crippen molar-refractivity contribution in [3.63, 3.8) is 0 Å². The lowest BCUT2D eigenvalue weighted by atomic mass is 10.1. The van der Waals surface area contributed by atoms with Crippen molar-refractivity contribution >= 4 is 38.2 Å². The molecule has 0 aliphatic carbocycles. The van der Waals surface area contributed by atoms with Crippen LogP contribution in [0.25, 0.3) is 11.0 Å². The zero-order chi connectivity index (χ0) is 12.5. The van der Waals surface area contributed by atoms with Crippen LogP contribution in [-0.4, -0.2) is 5.11 Å². The van der Waals surface area contributed by atoms with Crippen LogP contribution in [0.5, 0.6) is 0 Å². The van der Waals surface area contributed by atoms with Crippen LogP contribution in [0.3, 0.4) is 0 Å². The SMILES string of the molecule is OC(Cc1cc(Br)cs1)c1coc2ccccc12. The summed E-state index contributed by atoms with van der Waals surface area (Å²) in [6, 6.07) is 9.80. The summed E-state index contributed by atoms with van der Waals surface area (Å²) in [6.45, 7) is 0. The van der Waals surface area contributed by atoms with Gasteiger partial charge in [0.2, 0.25) is 0 Å². The summed E-state index contributed by atoms with van der Waals surface area (Å²) >= 11 is 5.06. The van der Waals surface area contributed by atoms with Crippen molar-refractivity contribution < 1.29 is 9.52 Å². The second-order valence-corrected chi connectivity index (χ2v) is 6.05. The van der Waals surface area contributed by atoms with E-state index in [2.05, 4.69) is 15.9 Å². The van der Waals surface area contributed by atoms with Gasteiger partial charge in [-0.25, -0.2) is 0 Å². The van der Waals surface area contributed by atoms with E-state index in [4.69, 9.17) is 4.42 Å². The summed E-state index contributed by atoms with van der Waals surface area (Å²) in [5.74, 6) is 0. The fraction of sp³-hybridized carbons (Fsp3) is 0.143. The van der Waals surface area contributed by atoms with Gasteiger partial charge in [-0.15, -0.1) is 11.3 Å². The van der Waals surface area contributed by atoms with Crippen molar-refractivity contribution in [3.05, 3.63) is 56.9 Å². The molecular formula is C14H11BrO2S. The molecule has 18 heavy (non-hydrogen) atoms. The number of hydrogen-bond acceptors (Lipinski definition) is 3. The van der Waals surface area contributed by atoms with Crippen LogP contribution in [0.1, 0.15) is 16.5 Å². The molecule has 1 aromatic carbocycles. The van der Waals surface area contributed by atoms with Gasteiger partial charge in [0.05, 0.1) is 12.4 Å². The lowest BCUT2D eigenvalue weighted by Gasteiger charge is -2.07. The number of rotatable bonds is 3. The van der Waals surface area contributed by atoms with Gasteiger partial charge in [0.15, 0.2) is 0 Å². The average molecular weight is 323 g/mol. The first-order valence-corrected chi connectivity index (χ1v) is 7.28. The molecule has 0 saturated carbocycles. The minimum Gasteiger partial charge on any atom is -0.464 e. The van der Waals surface area contributed by atoms with Crippen LogP contribution in [-0.2, 0) is 6.42 Å². The van der Waals surface area contributed by atoms with Crippen molar-refractivity contribution in [2.75, 3.05) is 0 Å². The third-order valence-electron chi connectivity index (χ3n) is 2.89. The van der Waals surface area contributed by atoms with Crippen molar-refractivity contribution in [2.45, 2.75) is 12.5 Å². The second-order valence-electron chi connectivity index (χ2n) is 4.14. The Bertz CT molecular complexity index is 671. The quantitative estimate of drug-likeness (QED) is 0.768. The van der Waals surface area contributed by atoms with Gasteiger partial charge in [0, 0.05) is 32.1 Å². The molecule has 2 nitrogen and oxygen atoms in total. The van der Waals surface area contributed by atoms with Crippen LogP contribution in [0, 0.1) is 0 Å². The number of aliphatic hydroxyl groups is 1. The Labute approximate surface area is 117 Å². The fourth-order valence-corrected chi connectivity index (χ4v) is 3.51. The Hall–Kier alpha value is -1.10. The summed E-state index contributed by atoms with van der Waals surface area (Å²) in [4.78, 5) is 1.15. The van der Waals surface area contributed by atoms with Crippen LogP contribution < -0.4 is 0 Å². The molecule has 2 heterocycles. The van der Waals surface area contributed by atoms with Crippen LogP contribution in [0.15, 0.2) is 50.9 Å². The average Bonchev–Trinajstić information content (AvgIpc) is 2.95. The molecule has 2 aromatic heterocycles. The summed E-state index contributed by atoms with van der Waals surface area (Å²) in [7, 11) is 0. The first-order chi connectivity index (χ1) is 8.74. The first kappa shape index (κ1) is 12.0. The van der Waals surface area contributed by atoms with E-state index < -0.39 is 6.10 Å². The van der Waals surface area contributed by atoms with E-state index in [9.17, 15) is 5.11 Å². The largest absolute Gasteiger partial charge is 0.464 e. The summed E-state index contributed by atoms with van der Waals surface area (Å²) in [5.41, 5.74) is 1.68. The van der Waals surface area contributed by atoms with Gasteiger partial charge in [-0.3, -0.25) is 0 Å². The number of furan rings is 1. The predicted octanol–water partition coefficient (Wildman–Crippen LogP) is 4.53. The number of benzene rings is 1. The molecule has 1 atom stereocenters. The first-order valence-electron chi connectivity index (χ1n) is 5.61. The highest BCUT2D eigenvalue weighted by Crippen LogP contribution is 2.30. The van der Waals surface area contributed by atoms with Gasteiger partial charge >= 0.3 is 0 Å². The normalized spacial score (nSPS) is 13.0. The third kappa shape index (κ3) is 2.23. The van der Waals surface area contributed by atoms with Gasteiger partial charge in [-0.05, 0) is 28.1 Å². The lowest BCUT2D eigenvalue weighted by Crippen LogP contribution is -1.99. The van der Waals surface area contributed by atoms with E-state index in [1.54, 1.807) is 17.6 Å². The Morgan fingerprint density at radius 1 is 1.33 bits per heavy atom. The molecule has 0 radical (unpaired) electrons. The number of fused-ring (bicyclic) bond motifs is 1. The minimum absolute atomic E-state index is 0.529. The molecule has 1 unspecified atom stereocenters. The molecular weight excluding hydrogens is 312 g/mol. The maximum absolute atomic E-state index is 10.3. The van der Waals surface area contributed by atoms with Crippen LogP contribution in [0.4, 0.5) is 0 Å². The molecule has 0 saturated heterocycles. The highest BCUT2D eigenvalue weighted by molar-refractivity contribution is 9.10. The molecule has 4 heteroatoms. The minimum atomic E-state index is -0.529. The Morgan fingerprint density at radius 2 is 2.17 bits per heavy atom. The third-order valence-corrected chi connectivity index (χ3v) is 4.61. The smallest absolute Gasteiger partial charge is 0.134 e. The lowest BCUT2D eigenvalue weighted by molar-refractivity contribution is 0.180. The van der Waals surface area contributed by atoms with E-state index in [0.717, 1.165) is 25.9 Å². The molecule has 0 spiro atoms. The molecule has 0 aliphatic rings. The molecule has 3 rings (SSSR count). The molecule has 0 aliphatic heterocycles. The Balaban J connectivity index is 1.90. The number of thiophene rings is 1. The van der Waals surface area contributed by atoms with E-state index in [0.29, 0.717) is 6.42 Å². The highest BCUT2D eigenvalue weighted by Gasteiger charge is 2.15. The summed E-state index contributed by atoms with van der Waals surface area (Å²) in [5, 5.41) is 13.3. The predicted molar refractivity (Wildman–Crippen MR) is 76.9 cm³/mol. The summed E-state index contributed by atoms with van der Waals surface area (Å²) in [6.07, 6.45) is 1.73. The van der Waals surface area contributed by atoms with Crippen molar-refractivity contribution in [1.82, 2.24) is 0 Å². The van der Waals surface area contributed by atoms with E-state index >= 15 is 0 Å². The molecule has 92 valence electrons. The van der Waals surface area contributed by atoms with E-state index in [-0.39, 0.29) is 0 Å². The molecule has 0 fully saturated rings. The summed E-state index contributed by atoms with van der Waals surface area (Å²) < 4.78 is 6.51. The number of halogens is 1. The second kappa shape index (κ2) is 4.88. The van der Waals surface area contributed by atoms with Gasteiger partial charge in [0.1, 0.15) is 5.58 Å². The van der Waals surface area contributed by atoms with E-state index in [1.807, 2.05) is 35.7 Å². The Morgan fingerprint density at radius 3 is 2.94 bits per heavy atom. The Kier molecular flexibility index (Phi) is 3.24. The fourth-order valence-electron chi connectivity index (χ4n) is 2.02. The zero-order valence-electron chi connectivity index (χ0n) is 9.47. The number of aliphatic hydroxyl groups excluding tert-OH is 1. The topological polar surface area (TPSA) is 33.4 Å². The number of hydrogen-bond donors (Lipinski definition) is 1. The molecule has 0 amide bonds. The van der Waals surface area contributed by atoms with Crippen molar-refractivity contribution in [1.29, 1.82) is 0 Å². The standard InChI is InChI=1S/C14H11BrO2S/c15-9-5-10(18-8-9)6-13(16)12-7-17-14-4-2-1-3-11(12)14/h1-5,7-8,13,16H,6H2. The van der Waals surface area contributed by atoms with Crippen molar-refractivity contribution in [2.24, 2.45) is 0 Å². The van der Waals surface area contributed by atoms with Gasteiger partial charge in [-0.2, -0.15) is 0 Å². The molecule has 1 N–H and O–H groups in total. The molecule has 3 aromatic rings. The van der Waals surface area contributed by atoms with Crippen LogP contribution in [0.2, 0.25) is 0 Å². The monoisotopic (exact) mass is 322 g/mol.